The van der Waals surface area contributed by atoms with Crippen molar-refractivity contribution in [3.63, 3.8) is 0 Å². The van der Waals surface area contributed by atoms with Crippen molar-refractivity contribution in [3.8, 4) is 11.8 Å². The van der Waals surface area contributed by atoms with Crippen LogP contribution in [0.5, 0.6) is 0 Å². The molecular weight excluding hydrogens is 583 g/mol. The lowest BCUT2D eigenvalue weighted by molar-refractivity contribution is -0.128. The van der Waals surface area contributed by atoms with E-state index in [4.69, 9.17) is 9.72 Å². The van der Waals surface area contributed by atoms with E-state index >= 15 is 4.39 Å². The molecule has 4 fully saturated rings. The summed E-state index contributed by atoms with van der Waals surface area (Å²) < 4.78 is 21.5. The summed E-state index contributed by atoms with van der Waals surface area (Å²) in [4.78, 5) is 33.3. The number of ether oxygens (including phenoxy) is 1. The maximum atomic E-state index is 15.5. The number of carbonyl (C=O) groups is 2. The summed E-state index contributed by atoms with van der Waals surface area (Å²) >= 11 is 4.79. The topological polar surface area (TPSA) is 74.8 Å². The first-order chi connectivity index (χ1) is 18.4. The summed E-state index contributed by atoms with van der Waals surface area (Å²) in [6, 6.07) is 1.74. The van der Waals surface area contributed by atoms with Crippen LogP contribution < -0.4 is 5.32 Å². The number of fused-ring (bicyclic) bond motifs is 2. The largest absolute Gasteiger partial charge is 0.444 e. The molecule has 10 heteroatoms. The summed E-state index contributed by atoms with van der Waals surface area (Å²) in [5, 5.41) is 4.96. The highest BCUT2D eigenvalue weighted by atomic mass is 79.9. The molecule has 1 aromatic carbocycles. The predicted octanol–water partition coefficient (Wildman–Crippen LogP) is 5.95. The number of pyridine rings is 1. The Morgan fingerprint density at radius 1 is 1.31 bits per heavy atom. The lowest BCUT2D eigenvalue weighted by Gasteiger charge is -2.38. The molecule has 4 atom stereocenters. The Balaban J connectivity index is 1.57. The first-order valence-corrected chi connectivity index (χ1v) is 15.3. The number of halogens is 2. The van der Waals surface area contributed by atoms with Gasteiger partial charge < -0.3 is 19.9 Å². The van der Waals surface area contributed by atoms with Crippen molar-refractivity contribution in [1.82, 2.24) is 14.8 Å². The van der Waals surface area contributed by atoms with E-state index in [0.29, 0.717) is 33.5 Å². The summed E-state index contributed by atoms with van der Waals surface area (Å²) in [6.07, 6.45) is 4.23. The number of likely N-dealkylation sites (tertiary alicyclic amines) is 1. The van der Waals surface area contributed by atoms with Crippen molar-refractivity contribution in [2.45, 2.75) is 82.6 Å². The third kappa shape index (κ3) is 5.20. The van der Waals surface area contributed by atoms with Gasteiger partial charge in [-0.15, -0.1) is 11.8 Å². The average Bonchev–Trinajstić information content (AvgIpc) is 3.59. The molecule has 4 aliphatic rings. The molecular formula is C29H34BrFN4O3S. The maximum Gasteiger partial charge on any atom is 0.410 e. The van der Waals surface area contributed by atoms with Gasteiger partial charge in [-0.3, -0.25) is 4.79 Å². The van der Waals surface area contributed by atoms with E-state index in [1.165, 1.54) is 11.8 Å². The summed E-state index contributed by atoms with van der Waals surface area (Å²) in [7, 11) is 0. The van der Waals surface area contributed by atoms with Crippen molar-refractivity contribution in [1.29, 1.82) is 0 Å². The first kappa shape index (κ1) is 28.0. The van der Waals surface area contributed by atoms with Crippen molar-refractivity contribution in [2.75, 3.05) is 24.7 Å². The fourth-order valence-corrected chi connectivity index (χ4v) is 6.68. The van der Waals surface area contributed by atoms with E-state index in [9.17, 15) is 9.59 Å². The number of anilines is 1. The molecule has 6 rings (SSSR count). The predicted molar refractivity (Wildman–Crippen MR) is 155 cm³/mol. The summed E-state index contributed by atoms with van der Waals surface area (Å²) in [5.74, 6) is 6.53. The van der Waals surface area contributed by atoms with E-state index in [2.05, 4.69) is 33.1 Å². The van der Waals surface area contributed by atoms with E-state index < -0.39 is 11.4 Å². The first-order valence-electron chi connectivity index (χ1n) is 13.3. The van der Waals surface area contributed by atoms with Gasteiger partial charge in [-0.05, 0) is 80.8 Å². The normalized spacial score (nSPS) is 23.9. The van der Waals surface area contributed by atoms with Gasteiger partial charge in [-0.1, -0.05) is 11.8 Å². The number of nitrogens with one attached hydrogen (secondary N) is 1. The number of thioether (sulfide) groups is 1. The van der Waals surface area contributed by atoms with Crippen molar-refractivity contribution >= 4 is 56.3 Å². The Labute approximate surface area is 241 Å². The van der Waals surface area contributed by atoms with Crippen molar-refractivity contribution in [3.05, 3.63) is 27.5 Å². The minimum atomic E-state index is -0.569. The van der Waals surface area contributed by atoms with Gasteiger partial charge in [0.1, 0.15) is 16.1 Å². The molecule has 0 radical (unpaired) electrons. The molecule has 0 unspecified atom stereocenters. The fourth-order valence-electron chi connectivity index (χ4n) is 5.84. The Bertz CT molecular complexity index is 1420. The van der Waals surface area contributed by atoms with Crippen LogP contribution >= 0.6 is 27.7 Å². The molecule has 1 N–H and O–H groups in total. The van der Waals surface area contributed by atoms with Gasteiger partial charge in [-0.2, -0.15) is 0 Å². The molecule has 1 aromatic heterocycles. The number of amides is 2. The van der Waals surface area contributed by atoms with Crippen molar-refractivity contribution in [2.24, 2.45) is 5.92 Å². The van der Waals surface area contributed by atoms with Gasteiger partial charge in [0.05, 0.1) is 33.8 Å². The van der Waals surface area contributed by atoms with Crippen LogP contribution in [0, 0.1) is 30.5 Å². The zero-order valence-electron chi connectivity index (χ0n) is 23.2. The molecule has 1 saturated carbocycles. The Hall–Kier alpha value is -2.51. The molecule has 4 heterocycles. The zero-order chi connectivity index (χ0) is 28.2. The quantitative estimate of drug-likeness (QED) is 0.339. The van der Waals surface area contributed by atoms with Crippen molar-refractivity contribution < 1.29 is 18.7 Å². The highest BCUT2D eigenvalue weighted by Gasteiger charge is 2.55. The van der Waals surface area contributed by atoms with Gasteiger partial charge in [-0.25, -0.2) is 14.2 Å². The fraction of sp³-hybridized carbons (Fsp3) is 0.552. The molecule has 1 aliphatic carbocycles. The summed E-state index contributed by atoms with van der Waals surface area (Å²) in [6.45, 7) is 10.3. The van der Waals surface area contributed by atoms with Crippen LogP contribution in [-0.4, -0.2) is 69.9 Å². The number of carbonyl (C=O) groups excluding carboxylic acids is 2. The van der Waals surface area contributed by atoms with Crippen LogP contribution in [0.15, 0.2) is 15.6 Å². The zero-order valence-corrected chi connectivity index (χ0v) is 25.6. The average molecular weight is 618 g/mol. The molecule has 2 aromatic rings. The van der Waals surface area contributed by atoms with E-state index in [1.807, 2.05) is 44.9 Å². The smallest absolute Gasteiger partial charge is 0.410 e. The van der Waals surface area contributed by atoms with Crippen LogP contribution in [0.25, 0.3) is 10.9 Å². The molecule has 7 nitrogen and oxygen atoms in total. The number of nitrogens with zero attached hydrogens (tertiary/aromatic N) is 3. The Morgan fingerprint density at radius 3 is 2.72 bits per heavy atom. The monoisotopic (exact) mass is 616 g/mol. The lowest BCUT2D eigenvalue weighted by Crippen LogP contribution is -2.50. The third-order valence-corrected chi connectivity index (χ3v) is 9.42. The third-order valence-electron chi connectivity index (χ3n) is 7.76. The SMILES string of the molecule is CSc1nc2c(F)c(Br)c(C)cc2c(N[C@H]2[C@@H]3C[C@H]2N(C(=O)OC(C)(C)C)C3)c1C#C[C@H]1CCCN1C(C)=O. The lowest BCUT2D eigenvalue weighted by atomic mass is 9.79. The van der Waals surface area contributed by atoms with E-state index in [1.54, 1.807) is 11.8 Å². The highest BCUT2D eigenvalue weighted by molar-refractivity contribution is 9.10. The number of hydrogen-bond acceptors (Lipinski definition) is 6. The standard InChI is InChI=1S/C29H34BrFN4O3S/c1-15-12-20-25(32-24-17-13-21(24)35(14-17)28(37)38-29(3,4)5)19(10-9-18-8-7-11-34(18)16(2)36)27(39-6)33-26(20)23(31)22(15)30/h12,17-18,21,24H,7-8,11,13-14H2,1-6H3,(H,32,33)/t17-,18-,21-,24+/m1/s1. The van der Waals surface area contributed by atoms with Gasteiger partial charge in [0.25, 0.3) is 0 Å². The number of hydrogen-bond donors (Lipinski definition) is 1. The second kappa shape index (κ2) is 10.5. The van der Waals surface area contributed by atoms with Crippen LogP contribution in [0.1, 0.15) is 58.1 Å². The number of aromatic nitrogens is 1. The molecule has 0 spiro atoms. The second-order valence-electron chi connectivity index (χ2n) is 11.6. The van der Waals surface area contributed by atoms with E-state index in [0.717, 1.165) is 30.5 Å². The minimum Gasteiger partial charge on any atom is -0.444 e. The summed E-state index contributed by atoms with van der Waals surface area (Å²) in [5.41, 5.74) is 1.88. The molecule has 3 saturated heterocycles. The van der Waals surface area contributed by atoms with Gasteiger partial charge in [0, 0.05) is 31.3 Å². The van der Waals surface area contributed by atoms with Crippen LogP contribution in [-0.2, 0) is 9.53 Å². The van der Waals surface area contributed by atoms with Crippen LogP contribution in [0.2, 0.25) is 0 Å². The molecule has 2 amide bonds. The molecule has 208 valence electrons. The molecule has 2 bridgehead atoms. The molecule has 3 aliphatic heterocycles. The van der Waals surface area contributed by atoms with Gasteiger partial charge in [0.15, 0.2) is 5.82 Å². The van der Waals surface area contributed by atoms with Crippen LogP contribution in [0.3, 0.4) is 0 Å². The van der Waals surface area contributed by atoms with Crippen LogP contribution in [0.4, 0.5) is 14.9 Å². The maximum absolute atomic E-state index is 15.5. The number of benzene rings is 1. The van der Waals surface area contributed by atoms with Gasteiger partial charge >= 0.3 is 6.09 Å². The minimum absolute atomic E-state index is 0.00872. The Kier molecular flexibility index (Phi) is 7.53. The van der Waals surface area contributed by atoms with Gasteiger partial charge in [0.2, 0.25) is 5.91 Å². The molecule has 39 heavy (non-hydrogen) atoms. The van der Waals surface area contributed by atoms with E-state index in [-0.39, 0.29) is 41.6 Å². The highest BCUT2D eigenvalue weighted by Crippen LogP contribution is 2.46. The Morgan fingerprint density at radius 2 is 2.05 bits per heavy atom. The number of rotatable bonds is 3. The second-order valence-corrected chi connectivity index (χ2v) is 13.2. The number of aryl methyl sites for hydroxylation is 1.